The van der Waals surface area contributed by atoms with Crippen molar-refractivity contribution in [2.45, 2.75) is 27.2 Å². The number of ether oxygens (including phenoxy) is 2. The molecule has 0 aromatic heterocycles. The van der Waals surface area contributed by atoms with Crippen molar-refractivity contribution in [3.8, 4) is 11.5 Å². The Labute approximate surface area is 172 Å². The zero-order valence-corrected chi connectivity index (χ0v) is 17.7. The van der Waals surface area contributed by atoms with Gasteiger partial charge < -0.3 is 19.7 Å². The number of methoxy groups -OCH3 is 2. The van der Waals surface area contributed by atoms with Gasteiger partial charge in [0, 0.05) is 23.9 Å². The predicted molar refractivity (Wildman–Crippen MR) is 119 cm³/mol. The first-order valence-corrected chi connectivity index (χ1v) is 9.78. The summed E-state index contributed by atoms with van der Waals surface area (Å²) in [6, 6.07) is 8.48. The summed E-state index contributed by atoms with van der Waals surface area (Å²) >= 11 is 0. The summed E-state index contributed by atoms with van der Waals surface area (Å²) in [6.07, 6.45) is 3.00. The first kappa shape index (κ1) is 19.1. The summed E-state index contributed by atoms with van der Waals surface area (Å²) in [5, 5.41) is 3.52. The van der Waals surface area contributed by atoms with Crippen LogP contribution in [-0.4, -0.2) is 31.5 Å². The Morgan fingerprint density at radius 3 is 2.31 bits per heavy atom. The minimum atomic E-state index is 0.724. The van der Waals surface area contributed by atoms with E-state index >= 15 is 0 Å². The third-order valence-electron chi connectivity index (χ3n) is 5.55. The van der Waals surface area contributed by atoms with E-state index in [4.69, 9.17) is 14.5 Å². The fourth-order valence-electron chi connectivity index (χ4n) is 4.22. The van der Waals surface area contributed by atoms with Gasteiger partial charge in [-0.05, 0) is 56.0 Å². The van der Waals surface area contributed by atoms with Crippen LogP contribution < -0.4 is 14.8 Å². The standard InChI is InChI=1S/C24H27N3O2/c1-14-9-15(2)24(16(3)10-14)26-23-13-20-19-12-22(29-6)21(28-5)11-18(19)7-8-27(20)17(4)25-23/h9-13H,4,7-8H2,1-3,5-6H3,(H,25,26). The van der Waals surface area contributed by atoms with Crippen LogP contribution in [0, 0.1) is 20.8 Å². The average molecular weight is 389 g/mol. The highest BCUT2D eigenvalue weighted by Crippen LogP contribution is 2.40. The van der Waals surface area contributed by atoms with Crippen LogP contribution >= 0.6 is 0 Å². The smallest absolute Gasteiger partial charge is 0.161 e. The van der Waals surface area contributed by atoms with Gasteiger partial charge in [-0.15, -0.1) is 0 Å². The second-order valence-corrected chi connectivity index (χ2v) is 7.61. The maximum absolute atomic E-state index is 5.53. The Bertz CT molecular complexity index is 1040. The van der Waals surface area contributed by atoms with Crippen LogP contribution in [0.5, 0.6) is 11.5 Å². The van der Waals surface area contributed by atoms with E-state index in [9.17, 15) is 0 Å². The molecule has 0 atom stereocenters. The quantitative estimate of drug-likeness (QED) is 0.817. The Morgan fingerprint density at radius 2 is 1.66 bits per heavy atom. The number of hydrogen-bond donors (Lipinski definition) is 1. The van der Waals surface area contributed by atoms with Gasteiger partial charge in [-0.1, -0.05) is 24.3 Å². The Morgan fingerprint density at radius 1 is 1.00 bits per heavy atom. The molecule has 2 aromatic rings. The molecular weight excluding hydrogens is 362 g/mol. The Hall–Kier alpha value is -3.21. The van der Waals surface area contributed by atoms with Crippen molar-refractivity contribution in [2.75, 3.05) is 26.1 Å². The number of fused-ring (bicyclic) bond motifs is 3. The third-order valence-corrected chi connectivity index (χ3v) is 5.55. The molecule has 2 heterocycles. The molecule has 2 aliphatic rings. The van der Waals surface area contributed by atoms with Crippen molar-refractivity contribution < 1.29 is 9.47 Å². The molecular formula is C24H27N3O2. The van der Waals surface area contributed by atoms with E-state index in [0.29, 0.717) is 0 Å². The summed E-state index contributed by atoms with van der Waals surface area (Å²) in [4.78, 5) is 6.88. The number of rotatable bonds is 3. The van der Waals surface area contributed by atoms with Crippen LogP contribution in [0.25, 0.3) is 5.70 Å². The fourth-order valence-corrected chi connectivity index (χ4v) is 4.22. The molecule has 0 spiro atoms. The molecule has 5 nitrogen and oxygen atoms in total. The van der Waals surface area contributed by atoms with E-state index in [-0.39, 0.29) is 0 Å². The number of aryl methyl sites for hydroxylation is 3. The van der Waals surface area contributed by atoms with E-state index in [2.05, 4.69) is 61.8 Å². The number of nitrogens with one attached hydrogen (secondary N) is 1. The summed E-state index contributed by atoms with van der Waals surface area (Å²) in [6.45, 7) is 11.4. The number of nitrogens with zero attached hydrogens (tertiary/aromatic N) is 2. The highest BCUT2D eigenvalue weighted by atomic mass is 16.5. The SMILES string of the molecule is C=C1N=C(Nc2c(C)cc(C)cc2C)C=C2c3cc(OC)c(OC)cc3CCN12. The molecule has 0 unspecified atom stereocenters. The second kappa shape index (κ2) is 7.32. The predicted octanol–water partition coefficient (Wildman–Crippen LogP) is 4.82. The van der Waals surface area contributed by atoms with Crippen molar-refractivity contribution in [2.24, 2.45) is 4.99 Å². The van der Waals surface area contributed by atoms with Crippen LogP contribution in [-0.2, 0) is 6.42 Å². The molecule has 150 valence electrons. The normalized spacial score (nSPS) is 15.2. The first-order valence-electron chi connectivity index (χ1n) is 9.78. The fraction of sp³-hybridized carbons (Fsp3) is 0.292. The molecule has 0 amide bonds. The molecule has 0 bridgehead atoms. The van der Waals surface area contributed by atoms with Crippen molar-refractivity contribution in [3.63, 3.8) is 0 Å². The molecule has 2 aliphatic heterocycles. The monoisotopic (exact) mass is 389 g/mol. The number of aliphatic imine (C=N–C) groups is 1. The van der Waals surface area contributed by atoms with Crippen LogP contribution in [0.4, 0.5) is 5.69 Å². The summed E-state index contributed by atoms with van der Waals surface area (Å²) < 4.78 is 11.0. The molecule has 5 heteroatoms. The van der Waals surface area contributed by atoms with Crippen LogP contribution in [0.2, 0.25) is 0 Å². The Kier molecular flexibility index (Phi) is 4.82. The first-order chi connectivity index (χ1) is 13.9. The largest absolute Gasteiger partial charge is 0.493 e. The molecule has 4 rings (SSSR count). The number of benzene rings is 2. The van der Waals surface area contributed by atoms with Crippen molar-refractivity contribution >= 4 is 17.2 Å². The van der Waals surface area contributed by atoms with Gasteiger partial charge in [0.1, 0.15) is 11.7 Å². The summed E-state index contributed by atoms with van der Waals surface area (Å²) in [5.74, 6) is 3.02. The summed E-state index contributed by atoms with van der Waals surface area (Å²) in [7, 11) is 3.33. The van der Waals surface area contributed by atoms with E-state index in [1.165, 1.54) is 22.3 Å². The highest BCUT2D eigenvalue weighted by molar-refractivity contribution is 6.10. The molecule has 0 aliphatic carbocycles. The Balaban J connectivity index is 1.76. The van der Waals surface area contributed by atoms with Gasteiger partial charge in [-0.3, -0.25) is 0 Å². The van der Waals surface area contributed by atoms with Crippen molar-refractivity contribution in [3.05, 3.63) is 70.6 Å². The molecule has 29 heavy (non-hydrogen) atoms. The maximum atomic E-state index is 5.53. The molecule has 0 radical (unpaired) electrons. The van der Waals surface area contributed by atoms with Gasteiger partial charge in [0.2, 0.25) is 0 Å². The van der Waals surface area contributed by atoms with E-state index in [1.54, 1.807) is 14.2 Å². The average Bonchev–Trinajstić information content (AvgIpc) is 2.69. The minimum Gasteiger partial charge on any atom is -0.493 e. The lowest BCUT2D eigenvalue weighted by atomic mass is 9.94. The van der Waals surface area contributed by atoms with Gasteiger partial charge >= 0.3 is 0 Å². The lowest BCUT2D eigenvalue weighted by molar-refractivity contribution is 0.353. The van der Waals surface area contributed by atoms with Crippen molar-refractivity contribution in [1.29, 1.82) is 0 Å². The van der Waals surface area contributed by atoms with Gasteiger partial charge in [-0.2, -0.15) is 0 Å². The topological polar surface area (TPSA) is 46.1 Å². The molecule has 0 fully saturated rings. The van der Waals surface area contributed by atoms with Crippen LogP contribution in [0.1, 0.15) is 27.8 Å². The number of anilines is 1. The van der Waals surface area contributed by atoms with Crippen LogP contribution in [0.3, 0.4) is 0 Å². The van der Waals surface area contributed by atoms with E-state index in [0.717, 1.165) is 53.1 Å². The highest BCUT2D eigenvalue weighted by Gasteiger charge is 2.28. The molecule has 0 saturated carbocycles. The van der Waals surface area contributed by atoms with Gasteiger partial charge in [0.25, 0.3) is 0 Å². The molecule has 0 saturated heterocycles. The zero-order valence-electron chi connectivity index (χ0n) is 17.7. The van der Waals surface area contributed by atoms with Gasteiger partial charge in [-0.25, -0.2) is 4.99 Å². The summed E-state index contributed by atoms with van der Waals surface area (Å²) in [5.41, 5.74) is 8.20. The molecule has 1 N–H and O–H groups in total. The van der Waals surface area contributed by atoms with E-state index in [1.807, 2.05) is 6.07 Å². The lowest BCUT2D eigenvalue weighted by Crippen LogP contribution is -2.32. The number of amidine groups is 1. The molecule has 2 aromatic carbocycles. The van der Waals surface area contributed by atoms with Gasteiger partial charge in [0.05, 0.1) is 19.9 Å². The van der Waals surface area contributed by atoms with Crippen LogP contribution in [0.15, 0.2) is 47.7 Å². The maximum Gasteiger partial charge on any atom is 0.161 e. The minimum absolute atomic E-state index is 0.724. The lowest BCUT2D eigenvalue weighted by Gasteiger charge is -2.36. The van der Waals surface area contributed by atoms with E-state index < -0.39 is 0 Å². The third kappa shape index (κ3) is 3.37. The number of hydrogen-bond acceptors (Lipinski definition) is 5. The van der Waals surface area contributed by atoms with Crippen molar-refractivity contribution in [1.82, 2.24) is 4.90 Å². The van der Waals surface area contributed by atoms with Gasteiger partial charge in [0.15, 0.2) is 11.5 Å². The zero-order chi connectivity index (χ0) is 20.7. The second-order valence-electron chi connectivity index (χ2n) is 7.61.